The van der Waals surface area contributed by atoms with Gasteiger partial charge >= 0.3 is 0 Å². The number of hydrogen-bond donors (Lipinski definition) is 0. The van der Waals surface area contributed by atoms with E-state index in [-0.39, 0.29) is 18.1 Å². The molecule has 0 unspecified atom stereocenters. The molecule has 3 rings (SSSR count). The third-order valence-electron chi connectivity index (χ3n) is 3.83. The average molecular weight is 302 g/mol. The van der Waals surface area contributed by atoms with Gasteiger partial charge in [0.15, 0.2) is 6.61 Å². The van der Waals surface area contributed by atoms with Crippen molar-refractivity contribution in [1.82, 2.24) is 9.47 Å². The van der Waals surface area contributed by atoms with E-state index in [2.05, 4.69) is 0 Å². The number of ether oxygens (including phenoxy) is 2. The second-order valence-corrected chi connectivity index (χ2v) is 5.20. The molecular weight excluding hydrogens is 284 g/mol. The van der Waals surface area contributed by atoms with Crippen molar-refractivity contribution in [2.75, 3.05) is 32.9 Å². The fraction of sp³-hybridized carbons (Fsp3) is 0.375. The smallest absolute Gasteiger partial charge is 0.260 e. The molecule has 2 heterocycles. The first-order valence-corrected chi connectivity index (χ1v) is 7.24. The van der Waals surface area contributed by atoms with Crippen molar-refractivity contribution in [3.63, 3.8) is 0 Å². The topological polar surface area (TPSA) is 60.8 Å². The second kappa shape index (κ2) is 6.19. The molecule has 1 amide bonds. The summed E-state index contributed by atoms with van der Waals surface area (Å²) in [7, 11) is 1.72. The Balaban J connectivity index is 1.80. The van der Waals surface area contributed by atoms with Gasteiger partial charge in [-0.2, -0.15) is 0 Å². The lowest BCUT2D eigenvalue weighted by atomic mass is 10.2. The Bertz CT molecular complexity index is 747. The van der Waals surface area contributed by atoms with Crippen molar-refractivity contribution in [3.8, 4) is 5.75 Å². The van der Waals surface area contributed by atoms with Gasteiger partial charge < -0.3 is 18.9 Å². The number of benzene rings is 1. The molecule has 116 valence electrons. The number of pyridine rings is 1. The zero-order chi connectivity index (χ0) is 15.5. The molecular formula is C16H18N2O4. The molecule has 2 aromatic rings. The summed E-state index contributed by atoms with van der Waals surface area (Å²) in [4.78, 5) is 25.8. The summed E-state index contributed by atoms with van der Waals surface area (Å²) in [6, 6.07) is 8.90. The Morgan fingerprint density at radius 2 is 2.00 bits per heavy atom. The Hall–Kier alpha value is -2.34. The molecule has 1 aliphatic heterocycles. The zero-order valence-corrected chi connectivity index (χ0v) is 12.4. The molecule has 1 aliphatic rings. The molecule has 6 heteroatoms. The van der Waals surface area contributed by atoms with E-state index in [4.69, 9.17) is 9.47 Å². The summed E-state index contributed by atoms with van der Waals surface area (Å²) in [5.74, 6) is 0.355. The van der Waals surface area contributed by atoms with Crippen LogP contribution in [0, 0.1) is 0 Å². The van der Waals surface area contributed by atoms with Gasteiger partial charge in [-0.15, -0.1) is 0 Å². The van der Waals surface area contributed by atoms with Crippen LogP contribution in [-0.2, 0) is 16.6 Å². The number of hydrogen-bond acceptors (Lipinski definition) is 4. The first kappa shape index (κ1) is 14.6. The van der Waals surface area contributed by atoms with Gasteiger partial charge in [-0.05, 0) is 12.1 Å². The van der Waals surface area contributed by atoms with Crippen LogP contribution < -0.4 is 10.3 Å². The van der Waals surface area contributed by atoms with E-state index in [1.807, 2.05) is 24.3 Å². The van der Waals surface area contributed by atoms with E-state index in [0.717, 1.165) is 10.9 Å². The average Bonchev–Trinajstić information content (AvgIpc) is 2.57. The summed E-state index contributed by atoms with van der Waals surface area (Å²) >= 11 is 0. The molecule has 0 saturated carbocycles. The van der Waals surface area contributed by atoms with Crippen LogP contribution >= 0.6 is 0 Å². The molecule has 0 atom stereocenters. The van der Waals surface area contributed by atoms with E-state index in [9.17, 15) is 9.59 Å². The van der Waals surface area contributed by atoms with Crippen molar-refractivity contribution in [3.05, 3.63) is 40.7 Å². The predicted octanol–water partition coefficient (Wildman–Crippen LogP) is 0.776. The van der Waals surface area contributed by atoms with E-state index < -0.39 is 0 Å². The minimum absolute atomic E-state index is 0.0723. The lowest BCUT2D eigenvalue weighted by Gasteiger charge is -2.26. The summed E-state index contributed by atoms with van der Waals surface area (Å²) in [6.07, 6.45) is 0. The lowest BCUT2D eigenvalue weighted by molar-refractivity contribution is -0.137. The summed E-state index contributed by atoms with van der Waals surface area (Å²) < 4.78 is 12.4. The Morgan fingerprint density at radius 1 is 1.27 bits per heavy atom. The van der Waals surface area contributed by atoms with E-state index in [0.29, 0.717) is 32.1 Å². The van der Waals surface area contributed by atoms with Crippen LogP contribution in [0.4, 0.5) is 0 Å². The standard InChI is InChI=1S/C16H18N2O4/c1-17-13-5-3-2-4-12(13)14(10-15(17)19)22-11-16(20)18-6-8-21-9-7-18/h2-5,10H,6-9,11H2,1H3. The molecule has 22 heavy (non-hydrogen) atoms. The molecule has 1 fully saturated rings. The normalized spacial score (nSPS) is 15.0. The number of carbonyl (C=O) groups excluding carboxylic acids is 1. The van der Waals surface area contributed by atoms with Gasteiger partial charge in [0.25, 0.3) is 11.5 Å². The second-order valence-electron chi connectivity index (χ2n) is 5.20. The maximum absolute atomic E-state index is 12.1. The zero-order valence-electron chi connectivity index (χ0n) is 12.4. The van der Waals surface area contributed by atoms with Crippen molar-refractivity contribution in [2.24, 2.45) is 7.05 Å². The van der Waals surface area contributed by atoms with Crippen molar-refractivity contribution < 1.29 is 14.3 Å². The molecule has 0 spiro atoms. The maximum Gasteiger partial charge on any atom is 0.260 e. The van der Waals surface area contributed by atoms with Crippen LogP contribution in [0.1, 0.15) is 0 Å². The van der Waals surface area contributed by atoms with Gasteiger partial charge in [0, 0.05) is 31.6 Å². The quantitative estimate of drug-likeness (QED) is 0.840. The SMILES string of the molecule is Cn1c(=O)cc(OCC(=O)N2CCOCC2)c2ccccc21. The molecule has 1 saturated heterocycles. The molecule has 1 aromatic carbocycles. The highest BCUT2D eigenvalue weighted by Gasteiger charge is 2.18. The summed E-state index contributed by atoms with van der Waals surface area (Å²) in [6.45, 7) is 2.21. The van der Waals surface area contributed by atoms with Gasteiger partial charge in [0.05, 0.1) is 18.7 Å². The van der Waals surface area contributed by atoms with Gasteiger partial charge in [-0.3, -0.25) is 9.59 Å². The minimum Gasteiger partial charge on any atom is -0.483 e. The van der Waals surface area contributed by atoms with Crippen LogP contribution in [0.15, 0.2) is 35.1 Å². The summed E-state index contributed by atoms with van der Waals surface area (Å²) in [5.41, 5.74) is 0.622. The molecule has 0 bridgehead atoms. The molecule has 1 aromatic heterocycles. The molecule has 0 aliphatic carbocycles. The number of nitrogens with zero attached hydrogens (tertiary/aromatic N) is 2. The maximum atomic E-state index is 12.1. The van der Waals surface area contributed by atoms with Crippen LogP contribution in [0.2, 0.25) is 0 Å². The Labute approximate surface area is 127 Å². The number of rotatable bonds is 3. The van der Waals surface area contributed by atoms with Crippen LogP contribution in [-0.4, -0.2) is 48.3 Å². The number of amides is 1. The Morgan fingerprint density at radius 3 is 2.77 bits per heavy atom. The fourth-order valence-corrected chi connectivity index (χ4v) is 2.54. The highest BCUT2D eigenvalue weighted by atomic mass is 16.5. The monoisotopic (exact) mass is 302 g/mol. The third kappa shape index (κ3) is 2.82. The van der Waals surface area contributed by atoms with E-state index in [1.165, 1.54) is 6.07 Å². The summed E-state index contributed by atoms with van der Waals surface area (Å²) in [5, 5.41) is 0.819. The van der Waals surface area contributed by atoms with Crippen molar-refractivity contribution >= 4 is 16.8 Å². The number of aryl methyl sites for hydroxylation is 1. The van der Waals surface area contributed by atoms with Crippen LogP contribution in [0.3, 0.4) is 0 Å². The fourth-order valence-electron chi connectivity index (χ4n) is 2.54. The molecule has 0 N–H and O–H groups in total. The first-order valence-electron chi connectivity index (χ1n) is 7.24. The number of aromatic nitrogens is 1. The van der Waals surface area contributed by atoms with Crippen LogP contribution in [0.25, 0.3) is 10.9 Å². The highest BCUT2D eigenvalue weighted by Crippen LogP contribution is 2.23. The van der Waals surface area contributed by atoms with Crippen LogP contribution in [0.5, 0.6) is 5.75 Å². The van der Waals surface area contributed by atoms with E-state index in [1.54, 1.807) is 16.5 Å². The van der Waals surface area contributed by atoms with E-state index >= 15 is 0 Å². The van der Waals surface area contributed by atoms with Gasteiger partial charge in [0.1, 0.15) is 5.75 Å². The predicted molar refractivity (Wildman–Crippen MR) is 82.1 cm³/mol. The number of para-hydroxylation sites is 1. The molecule has 6 nitrogen and oxygen atoms in total. The number of fused-ring (bicyclic) bond motifs is 1. The highest BCUT2D eigenvalue weighted by molar-refractivity contribution is 5.86. The first-order chi connectivity index (χ1) is 10.7. The third-order valence-corrected chi connectivity index (χ3v) is 3.83. The number of carbonyl (C=O) groups is 1. The Kier molecular flexibility index (Phi) is 4.11. The largest absolute Gasteiger partial charge is 0.483 e. The van der Waals surface area contributed by atoms with Crippen molar-refractivity contribution in [1.29, 1.82) is 0 Å². The van der Waals surface area contributed by atoms with Gasteiger partial charge in [-0.25, -0.2) is 0 Å². The lowest BCUT2D eigenvalue weighted by Crippen LogP contribution is -2.43. The van der Waals surface area contributed by atoms with Gasteiger partial charge in [0.2, 0.25) is 0 Å². The van der Waals surface area contributed by atoms with Gasteiger partial charge in [-0.1, -0.05) is 12.1 Å². The minimum atomic E-state index is -0.160. The number of morpholine rings is 1. The molecule has 0 radical (unpaired) electrons. The van der Waals surface area contributed by atoms with Crippen molar-refractivity contribution in [2.45, 2.75) is 0 Å².